The third-order valence-corrected chi connectivity index (χ3v) is 8.54. The van der Waals surface area contributed by atoms with Crippen LogP contribution in [0.4, 0.5) is 13.2 Å². The molecule has 10 nitrogen and oxygen atoms in total. The van der Waals surface area contributed by atoms with Crippen molar-refractivity contribution >= 4 is 17.0 Å². The lowest BCUT2D eigenvalue weighted by Crippen LogP contribution is -2.10. The molecule has 0 amide bonds. The smallest absolute Gasteiger partial charge is 0.335 e. The summed E-state index contributed by atoms with van der Waals surface area (Å²) in [6.45, 7) is 1.02. The van der Waals surface area contributed by atoms with Crippen molar-refractivity contribution in [3.63, 3.8) is 0 Å². The lowest BCUT2D eigenvalue weighted by Gasteiger charge is -2.12. The first kappa shape index (κ1) is 34.1. The minimum atomic E-state index is -1.09. The second-order valence-corrected chi connectivity index (χ2v) is 12.0. The minimum absolute atomic E-state index is 0.0563. The van der Waals surface area contributed by atoms with E-state index in [1.54, 1.807) is 58.2 Å². The molecule has 0 bridgehead atoms. The van der Waals surface area contributed by atoms with Crippen molar-refractivity contribution in [1.29, 1.82) is 0 Å². The van der Waals surface area contributed by atoms with Gasteiger partial charge in [0.05, 0.1) is 41.6 Å². The van der Waals surface area contributed by atoms with Crippen LogP contribution in [-0.2, 0) is 30.9 Å². The molecule has 0 atom stereocenters. The average Bonchev–Trinajstić information content (AvgIpc) is 3.75. The zero-order chi connectivity index (χ0) is 36.2. The van der Waals surface area contributed by atoms with Crippen LogP contribution in [0.15, 0.2) is 104 Å². The van der Waals surface area contributed by atoms with Crippen molar-refractivity contribution in [2.75, 3.05) is 13.7 Å². The first-order chi connectivity index (χ1) is 25.2. The quantitative estimate of drug-likeness (QED) is 0.133. The zero-order valence-electron chi connectivity index (χ0n) is 27.8. The van der Waals surface area contributed by atoms with Crippen LogP contribution in [0.1, 0.15) is 32.9 Å². The molecule has 7 rings (SSSR count). The van der Waals surface area contributed by atoms with E-state index in [1.165, 1.54) is 31.4 Å². The molecule has 0 fully saturated rings. The number of carboxylic acids is 1. The highest BCUT2D eigenvalue weighted by Crippen LogP contribution is 2.29. The van der Waals surface area contributed by atoms with Gasteiger partial charge in [-0.2, -0.15) is 5.10 Å². The van der Waals surface area contributed by atoms with Crippen LogP contribution in [0, 0.1) is 17.5 Å². The van der Waals surface area contributed by atoms with Gasteiger partial charge in [0.15, 0.2) is 0 Å². The molecular formula is C39H31F3N6O4. The number of imidazole rings is 1. The Kier molecular flexibility index (Phi) is 9.76. The zero-order valence-corrected chi connectivity index (χ0v) is 27.8. The Morgan fingerprint density at radius 2 is 1.73 bits per heavy atom. The molecule has 0 saturated carbocycles. The molecule has 262 valence electrons. The molecule has 0 spiro atoms. The van der Waals surface area contributed by atoms with Crippen LogP contribution in [0.25, 0.3) is 33.4 Å². The largest absolute Gasteiger partial charge is 0.478 e. The van der Waals surface area contributed by atoms with Gasteiger partial charge in [0.1, 0.15) is 29.9 Å². The molecule has 1 N–H and O–H groups in total. The van der Waals surface area contributed by atoms with Gasteiger partial charge in [0.2, 0.25) is 5.88 Å². The topological polar surface area (TPSA) is 117 Å². The Morgan fingerprint density at radius 3 is 2.52 bits per heavy atom. The lowest BCUT2D eigenvalue weighted by molar-refractivity contribution is 0.0697. The average molecular weight is 705 g/mol. The molecule has 0 aliphatic heterocycles. The van der Waals surface area contributed by atoms with Gasteiger partial charge in [-0.05, 0) is 65.2 Å². The number of pyridine rings is 2. The normalized spacial score (nSPS) is 11.3. The van der Waals surface area contributed by atoms with E-state index in [0.29, 0.717) is 42.1 Å². The Morgan fingerprint density at radius 1 is 0.865 bits per heavy atom. The summed E-state index contributed by atoms with van der Waals surface area (Å²) in [4.78, 5) is 24.6. The minimum Gasteiger partial charge on any atom is -0.478 e. The Hall–Kier alpha value is -6.34. The van der Waals surface area contributed by atoms with E-state index in [2.05, 4.69) is 20.1 Å². The Bertz CT molecular complexity index is 2400. The lowest BCUT2D eigenvalue weighted by atomic mass is 10.0. The Balaban J connectivity index is 1.05. The number of hydrogen-bond donors (Lipinski definition) is 1. The molecule has 52 heavy (non-hydrogen) atoms. The summed E-state index contributed by atoms with van der Waals surface area (Å²) in [5, 5.41) is 13.8. The molecule has 0 aliphatic carbocycles. The van der Waals surface area contributed by atoms with E-state index < -0.39 is 23.4 Å². The standard InChI is InChI=1S/C39H31F3N6O4/c1-51-13-12-48-36-16-26(39(49)50)9-10-35(36)45-37(48)17-28-15-33(42)30(18-32(28)41)34-5-2-6-38(46-34)52-23-27-8-7-25(14-31(27)40)29-20-44-47(22-29)21-24-4-3-11-43-19-24/h2-11,14-16,18-20,22H,12-13,17,21,23H2,1H3,(H,49,50). The molecule has 7 aromatic rings. The summed E-state index contributed by atoms with van der Waals surface area (Å²) >= 11 is 0. The molecule has 0 unspecified atom stereocenters. The number of hydrogen-bond acceptors (Lipinski definition) is 7. The van der Waals surface area contributed by atoms with Crippen LogP contribution in [0.3, 0.4) is 0 Å². The van der Waals surface area contributed by atoms with Crippen molar-refractivity contribution in [2.24, 2.45) is 0 Å². The number of ether oxygens (including phenoxy) is 2. The third kappa shape index (κ3) is 7.39. The van der Waals surface area contributed by atoms with E-state index in [0.717, 1.165) is 23.3 Å². The van der Waals surface area contributed by atoms with Crippen molar-refractivity contribution in [3.8, 4) is 28.3 Å². The third-order valence-electron chi connectivity index (χ3n) is 8.54. The van der Waals surface area contributed by atoms with E-state index >= 15 is 13.2 Å². The highest BCUT2D eigenvalue weighted by atomic mass is 19.1. The number of carboxylic acid groups (broad SMARTS) is 1. The fraction of sp³-hybridized carbons (Fsp3) is 0.154. The molecular weight excluding hydrogens is 673 g/mol. The van der Waals surface area contributed by atoms with E-state index in [-0.39, 0.29) is 46.9 Å². The molecule has 0 aliphatic rings. The maximum Gasteiger partial charge on any atom is 0.335 e. The van der Waals surface area contributed by atoms with Crippen molar-refractivity contribution in [2.45, 2.75) is 26.1 Å². The van der Waals surface area contributed by atoms with Gasteiger partial charge in [0, 0.05) is 61.4 Å². The van der Waals surface area contributed by atoms with Crippen LogP contribution in [0.2, 0.25) is 0 Å². The molecule has 0 saturated heterocycles. The van der Waals surface area contributed by atoms with Gasteiger partial charge >= 0.3 is 5.97 Å². The second kappa shape index (κ2) is 14.9. The molecule has 13 heteroatoms. The van der Waals surface area contributed by atoms with E-state index in [1.807, 2.05) is 18.3 Å². The number of aromatic carboxylic acids is 1. The number of fused-ring (bicyclic) bond motifs is 1. The fourth-order valence-corrected chi connectivity index (χ4v) is 5.88. The molecule has 0 radical (unpaired) electrons. The summed E-state index contributed by atoms with van der Waals surface area (Å²) < 4.78 is 60.8. The van der Waals surface area contributed by atoms with Crippen LogP contribution in [-0.4, -0.2) is 54.1 Å². The predicted molar refractivity (Wildman–Crippen MR) is 186 cm³/mol. The summed E-state index contributed by atoms with van der Waals surface area (Å²) in [5.41, 5.74) is 3.95. The fourth-order valence-electron chi connectivity index (χ4n) is 5.88. The maximum atomic E-state index is 15.6. The highest BCUT2D eigenvalue weighted by molar-refractivity contribution is 5.92. The molecule has 4 heterocycles. The summed E-state index contributed by atoms with van der Waals surface area (Å²) in [7, 11) is 1.53. The van der Waals surface area contributed by atoms with Gasteiger partial charge < -0.3 is 19.1 Å². The number of methoxy groups -OCH3 is 1. The first-order valence-corrected chi connectivity index (χ1v) is 16.3. The van der Waals surface area contributed by atoms with Gasteiger partial charge in [-0.3, -0.25) is 9.67 Å². The van der Waals surface area contributed by atoms with Crippen molar-refractivity contribution in [1.82, 2.24) is 29.3 Å². The van der Waals surface area contributed by atoms with Crippen molar-refractivity contribution in [3.05, 3.63) is 149 Å². The first-order valence-electron chi connectivity index (χ1n) is 16.3. The van der Waals surface area contributed by atoms with Gasteiger partial charge in [-0.1, -0.05) is 24.3 Å². The van der Waals surface area contributed by atoms with Crippen LogP contribution < -0.4 is 4.74 Å². The van der Waals surface area contributed by atoms with Crippen LogP contribution in [0.5, 0.6) is 5.88 Å². The van der Waals surface area contributed by atoms with Gasteiger partial charge in [0.25, 0.3) is 0 Å². The monoisotopic (exact) mass is 704 g/mol. The maximum absolute atomic E-state index is 15.6. The Labute approximate surface area is 295 Å². The molecule has 4 aromatic heterocycles. The van der Waals surface area contributed by atoms with E-state index in [4.69, 9.17) is 9.47 Å². The number of nitrogens with zero attached hydrogens (tertiary/aromatic N) is 6. The number of rotatable bonds is 13. The number of halogens is 3. The molecule has 3 aromatic carbocycles. The van der Waals surface area contributed by atoms with Gasteiger partial charge in [-0.15, -0.1) is 0 Å². The highest BCUT2D eigenvalue weighted by Gasteiger charge is 2.19. The summed E-state index contributed by atoms with van der Waals surface area (Å²) in [5.74, 6) is -2.42. The number of aromatic nitrogens is 6. The predicted octanol–water partition coefficient (Wildman–Crippen LogP) is 7.34. The van der Waals surface area contributed by atoms with E-state index in [9.17, 15) is 9.90 Å². The summed E-state index contributed by atoms with van der Waals surface area (Å²) in [6, 6.07) is 20.0. The number of benzene rings is 3. The second-order valence-electron chi connectivity index (χ2n) is 12.0. The SMILES string of the molecule is COCCn1c(Cc2cc(F)c(-c3cccc(OCc4ccc(-c5cnn(Cc6cccnc6)c5)cc4F)n3)cc2F)nc2ccc(C(=O)O)cc21. The summed E-state index contributed by atoms with van der Waals surface area (Å²) in [6.07, 6.45) is 6.91. The van der Waals surface area contributed by atoms with Crippen molar-refractivity contribution < 1.29 is 32.5 Å². The number of carbonyl (C=O) groups is 1. The van der Waals surface area contributed by atoms with Crippen LogP contribution >= 0.6 is 0 Å². The van der Waals surface area contributed by atoms with Gasteiger partial charge in [-0.25, -0.2) is 27.9 Å².